The molecule has 7 heteroatoms. The maximum atomic E-state index is 13.6. The first-order valence-electron chi connectivity index (χ1n) is 13.3. The lowest BCUT2D eigenvalue weighted by Crippen LogP contribution is -2.32. The predicted molar refractivity (Wildman–Crippen MR) is 160 cm³/mol. The molecule has 1 atom stereocenters. The van der Waals surface area contributed by atoms with Crippen molar-refractivity contribution in [2.45, 2.75) is 24.6 Å². The maximum Gasteiger partial charge on any atom is 0.258 e. The number of methoxy groups -OCH3 is 1. The first kappa shape index (κ1) is 27.5. The van der Waals surface area contributed by atoms with E-state index >= 15 is 0 Å². The van der Waals surface area contributed by atoms with E-state index in [1.54, 1.807) is 35.9 Å². The standard InChI is InChI=1S/C33H31FN2O3S/c1-39-30-13-6-5-12-29(30)36-31(37)23-40-33(36)26-16-20-28(21-17-26)35(32(38)25-10-3-2-4-11-25)22-8-7-9-24-14-18-27(34)19-15-24/h2-6,10-21,33H,7-9,22-23H2,1H3. The Kier molecular flexibility index (Phi) is 8.81. The zero-order valence-electron chi connectivity index (χ0n) is 22.3. The molecule has 1 saturated heterocycles. The molecule has 0 aliphatic carbocycles. The number of anilines is 2. The number of nitrogens with zero attached hydrogens (tertiary/aromatic N) is 2. The second-order valence-corrected chi connectivity index (χ2v) is 10.7. The third-order valence-corrected chi connectivity index (χ3v) is 8.19. The van der Waals surface area contributed by atoms with Crippen LogP contribution in [0.15, 0.2) is 103 Å². The number of thioether (sulfide) groups is 1. The molecular formula is C33H31FN2O3S. The third-order valence-electron chi connectivity index (χ3n) is 6.98. The van der Waals surface area contributed by atoms with Crippen molar-refractivity contribution in [2.24, 2.45) is 0 Å². The predicted octanol–water partition coefficient (Wildman–Crippen LogP) is 7.28. The molecule has 0 spiro atoms. The largest absolute Gasteiger partial charge is 0.495 e. The zero-order valence-corrected chi connectivity index (χ0v) is 23.1. The number of para-hydroxylation sites is 2. The number of aryl methyl sites for hydroxylation is 1. The molecule has 1 fully saturated rings. The molecule has 2 amide bonds. The molecule has 1 aliphatic rings. The van der Waals surface area contributed by atoms with Gasteiger partial charge in [-0.25, -0.2) is 4.39 Å². The van der Waals surface area contributed by atoms with Crippen LogP contribution in [0.1, 0.15) is 39.7 Å². The van der Waals surface area contributed by atoms with Gasteiger partial charge in [0, 0.05) is 17.8 Å². The van der Waals surface area contributed by atoms with Gasteiger partial charge in [-0.05, 0) is 78.9 Å². The van der Waals surface area contributed by atoms with Crippen molar-refractivity contribution in [3.05, 3.63) is 126 Å². The minimum atomic E-state index is -0.238. The van der Waals surface area contributed by atoms with Gasteiger partial charge >= 0.3 is 0 Å². The summed E-state index contributed by atoms with van der Waals surface area (Å²) in [6.45, 7) is 0.554. The van der Waals surface area contributed by atoms with Crippen LogP contribution in [0.4, 0.5) is 15.8 Å². The van der Waals surface area contributed by atoms with Crippen molar-refractivity contribution in [2.75, 3.05) is 29.2 Å². The van der Waals surface area contributed by atoms with Gasteiger partial charge in [0.15, 0.2) is 0 Å². The summed E-state index contributed by atoms with van der Waals surface area (Å²) in [6, 6.07) is 31.3. The zero-order chi connectivity index (χ0) is 27.9. The summed E-state index contributed by atoms with van der Waals surface area (Å²) in [6.07, 6.45) is 2.49. The lowest BCUT2D eigenvalue weighted by atomic mass is 10.1. The summed E-state index contributed by atoms with van der Waals surface area (Å²) in [5.41, 5.74) is 4.24. The third kappa shape index (κ3) is 6.20. The lowest BCUT2D eigenvalue weighted by Gasteiger charge is -2.27. The highest BCUT2D eigenvalue weighted by molar-refractivity contribution is 8.00. The van der Waals surface area contributed by atoms with Crippen LogP contribution in [-0.2, 0) is 11.2 Å². The van der Waals surface area contributed by atoms with Gasteiger partial charge in [-0.3, -0.25) is 14.5 Å². The summed E-state index contributed by atoms with van der Waals surface area (Å²) in [5.74, 6) is 0.775. The molecule has 204 valence electrons. The molecule has 1 unspecified atom stereocenters. The molecule has 4 aromatic rings. The summed E-state index contributed by atoms with van der Waals surface area (Å²) >= 11 is 1.58. The number of ether oxygens (including phenoxy) is 1. The topological polar surface area (TPSA) is 49.9 Å². The number of rotatable bonds is 10. The molecule has 4 aromatic carbocycles. The molecule has 0 radical (unpaired) electrons. The van der Waals surface area contributed by atoms with Crippen molar-refractivity contribution in [1.29, 1.82) is 0 Å². The number of halogens is 1. The molecule has 5 nitrogen and oxygen atoms in total. The van der Waals surface area contributed by atoms with Gasteiger partial charge in [-0.1, -0.05) is 54.6 Å². The summed E-state index contributed by atoms with van der Waals surface area (Å²) < 4.78 is 18.8. The van der Waals surface area contributed by atoms with E-state index in [1.807, 2.05) is 83.8 Å². The molecule has 0 N–H and O–H groups in total. The van der Waals surface area contributed by atoms with Gasteiger partial charge < -0.3 is 9.64 Å². The smallest absolute Gasteiger partial charge is 0.258 e. The molecule has 5 rings (SSSR count). The van der Waals surface area contributed by atoms with E-state index < -0.39 is 0 Å². The highest BCUT2D eigenvalue weighted by atomic mass is 32.2. The Morgan fingerprint density at radius 1 is 0.925 bits per heavy atom. The van der Waals surface area contributed by atoms with Crippen LogP contribution in [0.25, 0.3) is 0 Å². The second-order valence-electron chi connectivity index (χ2n) is 9.60. The fourth-order valence-corrected chi connectivity index (χ4v) is 6.08. The van der Waals surface area contributed by atoms with Gasteiger partial charge in [0.25, 0.3) is 5.91 Å². The number of benzene rings is 4. The fourth-order valence-electron chi connectivity index (χ4n) is 4.91. The Morgan fingerprint density at radius 3 is 2.35 bits per heavy atom. The normalized spacial score (nSPS) is 14.8. The molecule has 0 saturated carbocycles. The molecule has 0 aromatic heterocycles. The van der Waals surface area contributed by atoms with Crippen LogP contribution in [0, 0.1) is 5.82 Å². The van der Waals surface area contributed by atoms with E-state index in [1.165, 1.54) is 12.1 Å². The van der Waals surface area contributed by atoms with Crippen molar-refractivity contribution >= 4 is 35.0 Å². The molecule has 1 aliphatic heterocycles. The van der Waals surface area contributed by atoms with E-state index in [0.717, 1.165) is 41.8 Å². The van der Waals surface area contributed by atoms with E-state index in [0.29, 0.717) is 23.6 Å². The van der Waals surface area contributed by atoms with Crippen LogP contribution in [0.2, 0.25) is 0 Å². The van der Waals surface area contributed by atoms with Crippen LogP contribution < -0.4 is 14.5 Å². The summed E-state index contributed by atoms with van der Waals surface area (Å²) in [7, 11) is 1.61. The Balaban J connectivity index is 1.35. The summed E-state index contributed by atoms with van der Waals surface area (Å²) in [5, 5.41) is -0.188. The van der Waals surface area contributed by atoms with Gasteiger partial charge in [0.2, 0.25) is 5.91 Å². The van der Waals surface area contributed by atoms with Crippen LogP contribution in [-0.4, -0.2) is 31.2 Å². The number of hydrogen-bond acceptors (Lipinski definition) is 4. The quantitative estimate of drug-likeness (QED) is 0.193. The first-order valence-corrected chi connectivity index (χ1v) is 14.4. The minimum absolute atomic E-state index is 0.0330. The molecular weight excluding hydrogens is 523 g/mol. The molecule has 1 heterocycles. The monoisotopic (exact) mass is 554 g/mol. The number of carbonyl (C=O) groups excluding carboxylic acids is 2. The van der Waals surface area contributed by atoms with Crippen LogP contribution in [0.5, 0.6) is 5.75 Å². The SMILES string of the molecule is COc1ccccc1N1C(=O)CSC1c1ccc(N(CCCCc2ccc(F)cc2)C(=O)c2ccccc2)cc1. The van der Waals surface area contributed by atoms with E-state index in [2.05, 4.69) is 0 Å². The van der Waals surface area contributed by atoms with Crippen LogP contribution >= 0.6 is 11.8 Å². The van der Waals surface area contributed by atoms with E-state index in [9.17, 15) is 14.0 Å². The number of hydrogen-bond donors (Lipinski definition) is 0. The van der Waals surface area contributed by atoms with Gasteiger partial charge in [0.1, 0.15) is 16.9 Å². The molecule has 0 bridgehead atoms. The Hall–Kier alpha value is -4.10. The van der Waals surface area contributed by atoms with Gasteiger partial charge in [-0.2, -0.15) is 0 Å². The van der Waals surface area contributed by atoms with E-state index in [4.69, 9.17) is 4.74 Å². The number of unbranched alkanes of at least 4 members (excludes halogenated alkanes) is 1. The Labute approximate surface area is 238 Å². The number of carbonyl (C=O) groups is 2. The highest BCUT2D eigenvalue weighted by Gasteiger charge is 2.35. The molecule has 40 heavy (non-hydrogen) atoms. The minimum Gasteiger partial charge on any atom is -0.495 e. The van der Waals surface area contributed by atoms with Crippen molar-refractivity contribution in [3.63, 3.8) is 0 Å². The van der Waals surface area contributed by atoms with Crippen LogP contribution in [0.3, 0.4) is 0 Å². The Bertz CT molecular complexity index is 1450. The van der Waals surface area contributed by atoms with Gasteiger partial charge in [-0.15, -0.1) is 11.8 Å². The van der Waals surface area contributed by atoms with E-state index in [-0.39, 0.29) is 23.0 Å². The first-order chi connectivity index (χ1) is 19.5. The highest BCUT2D eigenvalue weighted by Crippen LogP contribution is 2.45. The summed E-state index contributed by atoms with van der Waals surface area (Å²) in [4.78, 5) is 30.1. The average Bonchev–Trinajstić information content (AvgIpc) is 3.39. The average molecular weight is 555 g/mol. The maximum absolute atomic E-state index is 13.6. The van der Waals surface area contributed by atoms with Crippen molar-refractivity contribution < 1.29 is 18.7 Å². The number of amides is 2. The van der Waals surface area contributed by atoms with Crippen molar-refractivity contribution in [1.82, 2.24) is 0 Å². The van der Waals surface area contributed by atoms with Gasteiger partial charge in [0.05, 0.1) is 18.6 Å². The lowest BCUT2D eigenvalue weighted by molar-refractivity contribution is -0.115. The van der Waals surface area contributed by atoms with Crippen molar-refractivity contribution in [3.8, 4) is 5.75 Å². The Morgan fingerprint density at radius 2 is 1.62 bits per heavy atom. The second kappa shape index (κ2) is 12.8. The fraction of sp³-hybridized carbons (Fsp3) is 0.212.